The van der Waals surface area contributed by atoms with Crippen molar-refractivity contribution < 1.29 is 60.6 Å². The smallest absolute Gasteiger partial charge is 0.386 e. The molecule has 3 unspecified atom stereocenters. The van der Waals surface area contributed by atoms with E-state index in [9.17, 15) is 33.4 Å². The number of rotatable bonds is 8. The number of halogens is 1. The van der Waals surface area contributed by atoms with Crippen molar-refractivity contribution in [3.8, 4) is 11.8 Å². The Bertz CT molecular complexity index is 1430. The number of nitrogens with two attached hydrogens (primary N) is 1. The number of aromatic nitrogens is 3. The molecular weight excluding hydrogens is 556 g/mol. The summed E-state index contributed by atoms with van der Waals surface area (Å²) in [6, 6.07) is 1.26. The summed E-state index contributed by atoms with van der Waals surface area (Å²) >= 11 is 0. The summed E-state index contributed by atoms with van der Waals surface area (Å²) in [5, 5.41) is 10.7. The fourth-order valence-corrected chi connectivity index (χ4v) is 6.69. The van der Waals surface area contributed by atoms with E-state index in [0.717, 1.165) is 11.5 Å². The molecule has 17 nitrogen and oxygen atoms in total. The largest absolute Gasteiger partial charge is 0.490 e. The number of aliphatic hydroxyl groups excluding tert-OH is 1. The van der Waals surface area contributed by atoms with Gasteiger partial charge in [0.15, 0.2) is 11.9 Å². The minimum Gasteiger partial charge on any atom is -0.386 e. The average molecular weight is 576 g/mol. The topological polar surface area (TPSA) is 266 Å². The maximum Gasteiger partial charge on any atom is 0.490 e. The van der Waals surface area contributed by atoms with Crippen LogP contribution in [0.3, 0.4) is 0 Å². The molecule has 1 fully saturated rings. The Labute approximate surface area is 200 Å². The molecule has 0 aliphatic carbocycles. The number of nitrogens with zero attached hydrogens (tertiary/aromatic N) is 2. The number of H-pyrrole nitrogens is 1. The van der Waals surface area contributed by atoms with E-state index in [-0.39, 0.29) is 17.0 Å². The fourth-order valence-electron chi connectivity index (χ4n) is 3.49. The monoisotopic (exact) mass is 576 g/mol. The van der Waals surface area contributed by atoms with Gasteiger partial charge >= 0.3 is 23.5 Å². The normalized spacial score (nSPS) is 28.7. The summed E-state index contributed by atoms with van der Waals surface area (Å²) in [6.45, 7) is 2.24. The van der Waals surface area contributed by atoms with Crippen LogP contribution < -0.4 is 11.3 Å². The standard InChI is InChI=1S/C15H20FN4O13P3/c1-3-5-15(16)10(21)9(7(2)31-35(26,27)33-36(28,29)32-34(23,24)25)30-13(15)20-6-4-8-11(20)18-14(17)19-12(8)22/h4,6-7,9-10,13,21H,1-2H3,(H,26,27)(H,28,29)(H2,23,24,25)(H3,17,18,19,22)/t7-,9+,10-,13+,15?/m0/s1. The Morgan fingerprint density at radius 2 is 1.92 bits per heavy atom. The average Bonchev–Trinajstić information content (AvgIpc) is 3.18. The van der Waals surface area contributed by atoms with E-state index in [4.69, 9.17) is 20.3 Å². The number of aromatic amines is 1. The molecule has 8 N–H and O–H groups in total. The predicted octanol–water partition coefficient (Wildman–Crippen LogP) is 0.0285. The molecule has 36 heavy (non-hydrogen) atoms. The maximum absolute atomic E-state index is 16.0. The molecule has 2 aromatic heterocycles. The highest BCUT2D eigenvalue weighted by Gasteiger charge is 2.60. The number of fused-ring (bicyclic) bond motifs is 1. The van der Waals surface area contributed by atoms with Crippen molar-refractivity contribution in [3.05, 3.63) is 22.6 Å². The molecule has 1 aliphatic rings. The first-order valence-electron chi connectivity index (χ1n) is 9.54. The van der Waals surface area contributed by atoms with Gasteiger partial charge < -0.3 is 39.7 Å². The molecule has 21 heteroatoms. The van der Waals surface area contributed by atoms with Crippen LogP contribution in [-0.2, 0) is 31.6 Å². The van der Waals surface area contributed by atoms with Crippen LogP contribution in [0, 0.1) is 11.8 Å². The van der Waals surface area contributed by atoms with Crippen molar-refractivity contribution in [2.75, 3.05) is 5.73 Å². The van der Waals surface area contributed by atoms with E-state index in [1.807, 2.05) is 0 Å². The van der Waals surface area contributed by atoms with Crippen LogP contribution >= 0.6 is 23.5 Å². The van der Waals surface area contributed by atoms with Gasteiger partial charge in [0, 0.05) is 6.20 Å². The minimum atomic E-state index is -5.82. The summed E-state index contributed by atoms with van der Waals surface area (Å²) in [5.74, 6) is 4.12. The van der Waals surface area contributed by atoms with Gasteiger partial charge in [0.05, 0.1) is 11.5 Å². The highest BCUT2D eigenvalue weighted by Crippen LogP contribution is 2.66. The number of hydrogen-bond donors (Lipinski definition) is 7. The Kier molecular flexibility index (Phi) is 7.73. The van der Waals surface area contributed by atoms with Crippen molar-refractivity contribution in [1.82, 2.24) is 14.5 Å². The van der Waals surface area contributed by atoms with Crippen molar-refractivity contribution in [1.29, 1.82) is 0 Å². The van der Waals surface area contributed by atoms with Gasteiger partial charge in [0.1, 0.15) is 12.2 Å². The Balaban J connectivity index is 1.92. The molecule has 0 saturated carbocycles. The molecule has 3 heterocycles. The lowest BCUT2D eigenvalue weighted by molar-refractivity contribution is -0.0752. The molecule has 0 radical (unpaired) electrons. The quantitative estimate of drug-likeness (QED) is 0.161. The number of nitrogen functional groups attached to an aromatic ring is 1. The fraction of sp³-hybridized carbons (Fsp3) is 0.467. The van der Waals surface area contributed by atoms with Crippen LogP contribution in [0.2, 0.25) is 0 Å². The van der Waals surface area contributed by atoms with Gasteiger partial charge in [-0.1, -0.05) is 5.92 Å². The lowest BCUT2D eigenvalue weighted by Crippen LogP contribution is -2.44. The maximum atomic E-state index is 16.0. The van der Waals surface area contributed by atoms with Crippen LogP contribution in [0.5, 0.6) is 0 Å². The zero-order chi connectivity index (χ0) is 27.3. The molecule has 3 rings (SSSR count). The van der Waals surface area contributed by atoms with Gasteiger partial charge in [-0.05, 0) is 19.9 Å². The van der Waals surface area contributed by atoms with Crippen molar-refractivity contribution in [2.24, 2.45) is 0 Å². The number of alkyl halides is 1. The number of phosphoric acid groups is 3. The van der Waals surface area contributed by atoms with E-state index < -0.39 is 59.2 Å². The van der Waals surface area contributed by atoms with Gasteiger partial charge in [0.2, 0.25) is 11.6 Å². The zero-order valence-electron chi connectivity index (χ0n) is 18.2. The molecule has 1 aliphatic heterocycles. The Hall–Kier alpha value is -1.96. The molecular formula is C15H20FN4O13P3. The summed E-state index contributed by atoms with van der Waals surface area (Å²) in [7, 11) is -17.1. The molecule has 1 saturated heterocycles. The number of aliphatic hydroxyl groups is 1. The first-order chi connectivity index (χ1) is 16.4. The summed E-state index contributed by atoms with van der Waals surface area (Å²) in [4.78, 5) is 54.5. The van der Waals surface area contributed by atoms with Gasteiger partial charge in [-0.25, -0.2) is 18.1 Å². The van der Waals surface area contributed by atoms with Gasteiger partial charge in [-0.15, -0.1) is 5.92 Å². The molecule has 200 valence electrons. The van der Waals surface area contributed by atoms with E-state index >= 15 is 4.39 Å². The van der Waals surface area contributed by atoms with E-state index in [0.29, 0.717) is 0 Å². The molecule has 0 bridgehead atoms. The lowest BCUT2D eigenvalue weighted by atomic mass is 9.94. The van der Waals surface area contributed by atoms with Gasteiger partial charge in [-0.2, -0.15) is 13.6 Å². The third-order valence-corrected chi connectivity index (χ3v) is 8.66. The minimum absolute atomic E-state index is 0.0149. The second kappa shape index (κ2) is 9.73. The second-order valence-electron chi connectivity index (χ2n) is 7.35. The van der Waals surface area contributed by atoms with Gasteiger partial charge in [0.25, 0.3) is 5.56 Å². The highest BCUT2D eigenvalue weighted by atomic mass is 31.3. The van der Waals surface area contributed by atoms with E-state index in [2.05, 4.69) is 35.0 Å². The van der Waals surface area contributed by atoms with Crippen molar-refractivity contribution in [3.63, 3.8) is 0 Å². The number of nitrogens with one attached hydrogen (secondary N) is 1. The SMILES string of the molecule is CC#CC1(F)[C@@H](O)[C@@H]([C@H](C)OP(=O)(O)OP(=O)(O)OP(=O)(O)O)O[C@H]1n1ccc2c(=O)[nH]c(N)nc21. The third-order valence-electron chi connectivity index (χ3n) is 4.73. The van der Waals surface area contributed by atoms with Crippen LogP contribution in [0.1, 0.15) is 20.1 Å². The van der Waals surface area contributed by atoms with E-state index in [1.54, 1.807) is 0 Å². The van der Waals surface area contributed by atoms with Crippen LogP contribution in [-0.4, -0.2) is 63.2 Å². The highest BCUT2D eigenvalue weighted by molar-refractivity contribution is 7.66. The van der Waals surface area contributed by atoms with Crippen LogP contribution in [0.25, 0.3) is 11.0 Å². The zero-order valence-corrected chi connectivity index (χ0v) is 20.8. The molecule has 2 aromatic rings. The predicted molar refractivity (Wildman–Crippen MR) is 116 cm³/mol. The van der Waals surface area contributed by atoms with Crippen molar-refractivity contribution >= 4 is 40.4 Å². The molecule has 0 spiro atoms. The van der Waals surface area contributed by atoms with Crippen LogP contribution in [0.4, 0.5) is 10.3 Å². The Morgan fingerprint density at radius 1 is 1.28 bits per heavy atom. The molecule has 7 atom stereocenters. The van der Waals surface area contributed by atoms with Crippen LogP contribution in [0.15, 0.2) is 17.1 Å². The Morgan fingerprint density at radius 3 is 2.50 bits per heavy atom. The number of anilines is 1. The molecule has 0 amide bonds. The number of hydrogen-bond acceptors (Lipinski definition) is 11. The number of ether oxygens (including phenoxy) is 1. The molecule has 0 aromatic carbocycles. The van der Waals surface area contributed by atoms with Gasteiger partial charge in [-0.3, -0.25) is 14.3 Å². The lowest BCUT2D eigenvalue weighted by Gasteiger charge is -2.25. The summed E-state index contributed by atoms with van der Waals surface area (Å²) < 4.78 is 68.9. The van der Waals surface area contributed by atoms with Crippen molar-refractivity contribution in [2.45, 2.75) is 44.1 Å². The summed E-state index contributed by atoms with van der Waals surface area (Å²) in [6.07, 6.45) is -6.34. The second-order valence-corrected chi connectivity index (χ2v) is 11.7. The third kappa shape index (κ3) is 5.95. The summed E-state index contributed by atoms with van der Waals surface area (Å²) in [5.41, 5.74) is 1.85. The first-order valence-corrected chi connectivity index (χ1v) is 14.1. The first kappa shape index (κ1) is 28.6. The van der Waals surface area contributed by atoms with E-state index in [1.165, 1.54) is 19.2 Å². The number of phosphoric ester groups is 1.